The lowest BCUT2D eigenvalue weighted by molar-refractivity contribution is 0.0726. The van der Waals surface area contributed by atoms with E-state index < -0.39 is 0 Å². The zero-order valence-corrected chi connectivity index (χ0v) is 12.0. The number of hydrogen-bond acceptors (Lipinski definition) is 5. The average molecular weight is 290 g/mol. The molecule has 1 atom stereocenters. The molecule has 0 radical (unpaired) electrons. The number of carbonyl (C=O) groups excluding carboxylic acids is 1. The Morgan fingerprint density at radius 2 is 2.10 bits per heavy atom. The second kappa shape index (κ2) is 6.31. The van der Waals surface area contributed by atoms with Gasteiger partial charge in [-0.1, -0.05) is 6.92 Å². The monoisotopic (exact) mass is 290 g/mol. The van der Waals surface area contributed by atoms with E-state index in [0.717, 1.165) is 6.42 Å². The number of rotatable bonds is 5. The van der Waals surface area contributed by atoms with E-state index in [0.29, 0.717) is 12.2 Å². The average Bonchev–Trinajstić information content (AvgIpc) is 3.01. The van der Waals surface area contributed by atoms with E-state index in [9.17, 15) is 9.59 Å². The number of amides is 1. The van der Waals surface area contributed by atoms with Gasteiger partial charge in [0.25, 0.3) is 5.91 Å². The molecule has 2 aromatic heterocycles. The van der Waals surface area contributed by atoms with Crippen molar-refractivity contribution in [2.24, 2.45) is 5.73 Å². The minimum atomic E-state index is -0.358. The van der Waals surface area contributed by atoms with Crippen LogP contribution in [-0.2, 0) is 0 Å². The lowest BCUT2D eigenvalue weighted by Gasteiger charge is -2.26. The summed E-state index contributed by atoms with van der Waals surface area (Å²) in [5, 5.41) is 7.98. The third kappa shape index (κ3) is 3.00. The Morgan fingerprint density at radius 3 is 2.67 bits per heavy atom. The molecule has 2 heterocycles. The number of pyridine rings is 1. The highest BCUT2D eigenvalue weighted by molar-refractivity contribution is 5.95. The standard InChI is InChI=1S/C13H18N6O2/c1-3-9(8-14)18(2)13(21)12-10(4-5-11(20)17-12)19-15-6-7-16-19/h4-7,9H,3,8,14H2,1-2H3,(H,17,20). The van der Waals surface area contributed by atoms with Gasteiger partial charge in [0.15, 0.2) is 0 Å². The molecule has 8 heteroatoms. The first-order valence-corrected chi connectivity index (χ1v) is 6.65. The normalized spacial score (nSPS) is 12.1. The molecular weight excluding hydrogens is 272 g/mol. The number of carbonyl (C=O) groups is 1. The fourth-order valence-electron chi connectivity index (χ4n) is 2.08. The number of nitrogens with two attached hydrogens (primary N) is 1. The lowest BCUT2D eigenvalue weighted by Crippen LogP contribution is -2.42. The lowest BCUT2D eigenvalue weighted by atomic mass is 10.1. The summed E-state index contributed by atoms with van der Waals surface area (Å²) in [7, 11) is 1.66. The van der Waals surface area contributed by atoms with Gasteiger partial charge in [-0.05, 0) is 12.5 Å². The van der Waals surface area contributed by atoms with Crippen molar-refractivity contribution >= 4 is 5.91 Å². The molecule has 8 nitrogen and oxygen atoms in total. The minimum Gasteiger partial charge on any atom is -0.336 e. The van der Waals surface area contributed by atoms with Gasteiger partial charge in [-0.15, -0.1) is 4.80 Å². The molecule has 0 saturated carbocycles. The molecule has 1 amide bonds. The summed E-state index contributed by atoms with van der Waals surface area (Å²) in [6.45, 7) is 2.30. The Kier molecular flexibility index (Phi) is 4.49. The zero-order chi connectivity index (χ0) is 15.4. The number of aromatic nitrogens is 4. The highest BCUT2D eigenvalue weighted by Gasteiger charge is 2.23. The molecule has 2 rings (SSSR count). The molecule has 0 fully saturated rings. The number of nitrogens with one attached hydrogen (secondary N) is 1. The van der Waals surface area contributed by atoms with Crippen LogP contribution in [0.15, 0.2) is 29.3 Å². The third-order valence-corrected chi connectivity index (χ3v) is 3.36. The number of nitrogens with zero attached hydrogens (tertiary/aromatic N) is 4. The first-order valence-electron chi connectivity index (χ1n) is 6.65. The van der Waals surface area contributed by atoms with Crippen molar-refractivity contribution in [3.63, 3.8) is 0 Å². The van der Waals surface area contributed by atoms with Crippen molar-refractivity contribution in [3.05, 3.63) is 40.6 Å². The van der Waals surface area contributed by atoms with Crippen LogP contribution in [0.5, 0.6) is 0 Å². The van der Waals surface area contributed by atoms with Gasteiger partial charge in [0, 0.05) is 25.7 Å². The quantitative estimate of drug-likeness (QED) is 0.790. The van der Waals surface area contributed by atoms with Gasteiger partial charge >= 0.3 is 0 Å². The number of H-pyrrole nitrogens is 1. The molecule has 0 bridgehead atoms. The molecule has 112 valence electrons. The van der Waals surface area contributed by atoms with Crippen molar-refractivity contribution in [3.8, 4) is 5.69 Å². The van der Waals surface area contributed by atoms with Crippen molar-refractivity contribution in [2.75, 3.05) is 13.6 Å². The van der Waals surface area contributed by atoms with Gasteiger partial charge in [0.05, 0.1) is 12.4 Å². The largest absolute Gasteiger partial charge is 0.336 e. The van der Waals surface area contributed by atoms with Crippen LogP contribution in [0, 0.1) is 0 Å². The molecule has 2 aromatic rings. The molecule has 0 aliphatic heterocycles. The van der Waals surface area contributed by atoms with E-state index in [4.69, 9.17) is 5.73 Å². The summed E-state index contributed by atoms with van der Waals surface area (Å²) in [4.78, 5) is 29.5. The summed E-state index contributed by atoms with van der Waals surface area (Å²) in [5.41, 5.74) is 5.88. The van der Waals surface area contributed by atoms with Crippen molar-refractivity contribution in [1.29, 1.82) is 0 Å². The van der Waals surface area contributed by atoms with Gasteiger partial charge in [-0.2, -0.15) is 10.2 Å². The SMILES string of the molecule is CCC(CN)N(C)C(=O)c1[nH]c(=O)ccc1-n1nccn1. The van der Waals surface area contributed by atoms with Crippen LogP contribution in [0.4, 0.5) is 0 Å². The predicted molar refractivity (Wildman–Crippen MR) is 77.2 cm³/mol. The first-order chi connectivity index (χ1) is 10.1. The Labute approximate surface area is 121 Å². The molecule has 21 heavy (non-hydrogen) atoms. The smallest absolute Gasteiger partial charge is 0.272 e. The maximum Gasteiger partial charge on any atom is 0.272 e. The summed E-state index contributed by atoms with van der Waals surface area (Å²) in [5.74, 6) is -0.322. The summed E-state index contributed by atoms with van der Waals surface area (Å²) in [6, 6.07) is 2.75. The number of hydrogen-bond donors (Lipinski definition) is 2. The molecule has 3 N–H and O–H groups in total. The number of aromatic amines is 1. The summed E-state index contributed by atoms with van der Waals surface area (Å²) < 4.78 is 0. The molecule has 1 unspecified atom stereocenters. The van der Waals surface area contributed by atoms with Crippen LogP contribution < -0.4 is 11.3 Å². The predicted octanol–water partition coefficient (Wildman–Crippen LogP) is -0.235. The van der Waals surface area contributed by atoms with Gasteiger partial charge < -0.3 is 15.6 Å². The number of likely N-dealkylation sites (N-methyl/N-ethyl adjacent to an activating group) is 1. The molecule has 0 aliphatic carbocycles. The van der Waals surface area contributed by atoms with Crippen molar-refractivity contribution < 1.29 is 4.79 Å². The maximum absolute atomic E-state index is 12.6. The van der Waals surface area contributed by atoms with Gasteiger partial charge in [0.2, 0.25) is 5.56 Å². The van der Waals surface area contributed by atoms with Gasteiger partial charge in [-0.3, -0.25) is 9.59 Å². The zero-order valence-electron chi connectivity index (χ0n) is 12.0. The topological polar surface area (TPSA) is 110 Å². The van der Waals surface area contributed by atoms with Gasteiger partial charge in [0.1, 0.15) is 11.4 Å². The van der Waals surface area contributed by atoms with E-state index in [1.54, 1.807) is 7.05 Å². The van der Waals surface area contributed by atoms with Crippen LogP contribution >= 0.6 is 0 Å². The minimum absolute atomic E-state index is 0.0976. The Hall–Kier alpha value is -2.48. The van der Waals surface area contributed by atoms with E-state index in [1.807, 2.05) is 6.92 Å². The second-order valence-corrected chi connectivity index (χ2v) is 4.62. The Morgan fingerprint density at radius 1 is 1.43 bits per heavy atom. The summed E-state index contributed by atoms with van der Waals surface area (Å²) in [6.07, 6.45) is 3.72. The maximum atomic E-state index is 12.6. The van der Waals surface area contributed by atoms with Crippen LogP contribution in [-0.4, -0.2) is 50.4 Å². The Bertz CT molecular complexity index is 660. The van der Waals surface area contributed by atoms with Gasteiger partial charge in [-0.25, -0.2) is 0 Å². The van der Waals surface area contributed by atoms with Crippen LogP contribution in [0.3, 0.4) is 0 Å². The van der Waals surface area contributed by atoms with Crippen LogP contribution in [0.2, 0.25) is 0 Å². The molecule has 0 spiro atoms. The second-order valence-electron chi connectivity index (χ2n) is 4.62. The van der Waals surface area contributed by atoms with Crippen LogP contribution in [0.1, 0.15) is 23.8 Å². The Balaban J connectivity index is 2.45. The molecule has 0 aliphatic rings. The highest BCUT2D eigenvalue weighted by atomic mass is 16.2. The fourth-order valence-corrected chi connectivity index (χ4v) is 2.08. The fraction of sp³-hybridized carbons (Fsp3) is 0.385. The van der Waals surface area contributed by atoms with E-state index in [-0.39, 0.29) is 23.2 Å². The van der Waals surface area contributed by atoms with E-state index in [2.05, 4.69) is 15.2 Å². The van der Waals surface area contributed by atoms with Crippen LogP contribution in [0.25, 0.3) is 5.69 Å². The van der Waals surface area contributed by atoms with E-state index >= 15 is 0 Å². The summed E-state index contributed by atoms with van der Waals surface area (Å²) >= 11 is 0. The third-order valence-electron chi connectivity index (χ3n) is 3.36. The van der Waals surface area contributed by atoms with E-state index in [1.165, 1.54) is 34.2 Å². The molecule has 0 saturated heterocycles. The van der Waals surface area contributed by atoms with Crippen molar-refractivity contribution in [2.45, 2.75) is 19.4 Å². The highest BCUT2D eigenvalue weighted by Crippen LogP contribution is 2.12. The molecule has 0 aromatic carbocycles. The molecular formula is C13H18N6O2. The van der Waals surface area contributed by atoms with Crippen molar-refractivity contribution in [1.82, 2.24) is 24.9 Å². The first kappa shape index (κ1) is 14.9.